The van der Waals surface area contributed by atoms with Gasteiger partial charge in [0.15, 0.2) is 5.84 Å². The van der Waals surface area contributed by atoms with Crippen molar-refractivity contribution >= 4 is 50.2 Å². The molecule has 1 heterocycles. The number of rotatable bonds is 2. The van der Waals surface area contributed by atoms with E-state index in [2.05, 4.69) is 96.3 Å². The molecule has 3 heteroatoms. The van der Waals surface area contributed by atoms with Crippen LogP contribution in [-0.2, 0) is 0 Å². The Balaban J connectivity index is 1.50. The van der Waals surface area contributed by atoms with Gasteiger partial charge in [0.1, 0.15) is 5.71 Å². The minimum atomic E-state index is 0.769. The summed E-state index contributed by atoms with van der Waals surface area (Å²) in [5.74, 6) is 0.769. The van der Waals surface area contributed by atoms with Crippen molar-refractivity contribution in [3.05, 3.63) is 115 Å². The van der Waals surface area contributed by atoms with Crippen molar-refractivity contribution in [3.63, 3.8) is 0 Å². The van der Waals surface area contributed by atoms with Gasteiger partial charge < -0.3 is 5.32 Å². The Bertz CT molecular complexity index is 1500. The monoisotopic (exact) mass is 397 g/mol. The van der Waals surface area contributed by atoms with Gasteiger partial charge in [0.2, 0.25) is 0 Å². The fourth-order valence-corrected chi connectivity index (χ4v) is 4.16. The summed E-state index contributed by atoms with van der Waals surface area (Å²) < 4.78 is 0. The molecule has 0 saturated heterocycles. The van der Waals surface area contributed by atoms with E-state index in [1.165, 1.54) is 10.8 Å². The number of amidine groups is 1. The van der Waals surface area contributed by atoms with Gasteiger partial charge in [-0.15, -0.1) is 0 Å². The van der Waals surface area contributed by atoms with Crippen LogP contribution in [0.4, 0.5) is 17.1 Å². The molecular weight excluding hydrogens is 378 g/mol. The van der Waals surface area contributed by atoms with Crippen LogP contribution >= 0.6 is 0 Å². The molecule has 0 aromatic heterocycles. The molecule has 0 aliphatic carbocycles. The number of nitrogens with one attached hydrogen (secondary N) is 1. The number of para-hydroxylation sites is 1. The number of nitrogens with zero attached hydrogens (tertiary/aromatic N) is 2. The van der Waals surface area contributed by atoms with E-state index in [1.807, 2.05) is 18.2 Å². The van der Waals surface area contributed by atoms with Crippen LogP contribution in [0.15, 0.2) is 119 Å². The highest BCUT2D eigenvalue weighted by atomic mass is 15.0. The molecule has 1 N–H and O–H groups in total. The maximum Gasteiger partial charge on any atom is 0.157 e. The molecule has 146 valence electrons. The van der Waals surface area contributed by atoms with Gasteiger partial charge in [-0.2, -0.15) is 0 Å². The van der Waals surface area contributed by atoms with E-state index in [1.54, 1.807) is 0 Å². The molecule has 3 nitrogen and oxygen atoms in total. The fraction of sp³-hybridized carbons (Fsp3) is 0. The minimum absolute atomic E-state index is 0.769. The predicted octanol–water partition coefficient (Wildman–Crippen LogP) is 7.27. The molecule has 0 spiro atoms. The van der Waals surface area contributed by atoms with Gasteiger partial charge in [-0.25, -0.2) is 9.98 Å². The highest BCUT2D eigenvalue weighted by molar-refractivity contribution is 6.55. The Morgan fingerprint density at radius 3 is 2.10 bits per heavy atom. The summed E-state index contributed by atoms with van der Waals surface area (Å²) in [5, 5.41) is 8.23. The molecule has 1 aliphatic heterocycles. The quantitative estimate of drug-likeness (QED) is 0.334. The number of anilines is 1. The second-order valence-corrected chi connectivity index (χ2v) is 7.59. The third-order valence-corrected chi connectivity index (χ3v) is 5.66. The van der Waals surface area contributed by atoms with Gasteiger partial charge >= 0.3 is 0 Å². The van der Waals surface area contributed by atoms with Crippen molar-refractivity contribution in [2.45, 2.75) is 0 Å². The average molecular weight is 397 g/mol. The third-order valence-electron chi connectivity index (χ3n) is 5.66. The number of benzene rings is 5. The zero-order chi connectivity index (χ0) is 20.6. The molecule has 6 rings (SSSR count). The lowest BCUT2D eigenvalue weighted by Gasteiger charge is -2.11. The van der Waals surface area contributed by atoms with Crippen molar-refractivity contribution in [2.24, 2.45) is 9.98 Å². The Kier molecular flexibility index (Phi) is 4.10. The highest BCUT2D eigenvalue weighted by Gasteiger charge is 2.23. The number of fused-ring (bicyclic) bond motifs is 3. The number of hydrogen-bond acceptors (Lipinski definition) is 3. The SMILES string of the molecule is c1ccc2c(c1)N=C(Nc1cccc3ccccc13)C2=Nc1cccc2ccccc12. The molecule has 0 radical (unpaired) electrons. The van der Waals surface area contributed by atoms with Crippen LogP contribution in [0.2, 0.25) is 0 Å². The molecule has 5 aromatic carbocycles. The summed E-state index contributed by atoms with van der Waals surface area (Å²) in [5.41, 5.74) is 4.80. The first kappa shape index (κ1) is 17.6. The Morgan fingerprint density at radius 2 is 1.23 bits per heavy atom. The van der Waals surface area contributed by atoms with E-state index >= 15 is 0 Å². The van der Waals surface area contributed by atoms with Gasteiger partial charge in [0.25, 0.3) is 0 Å². The molecule has 5 aromatic rings. The molecule has 31 heavy (non-hydrogen) atoms. The van der Waals surface area contributed by atoms with Gasteiger partial charge in [0.05, 0.1) is 11.4 Å². The average Bonchev–Trinajstić information content (AvgIpc) is 3.16. The predicted molar refractivity (Wildman–Crippen MR) is 131 cm³/mol. The van der Waals surface area contributed by atoms with Crippen LogP contribution in [0.25, 0.3) is 21.5 Å². The van der Waals surface area contributed by atoms with E-state index in [9.17, 15) is 0 Å². The van der Waals surface area contributed by atoms with Crippen molar-refractivity contribution in [2.75, 3.05) is 5.32 Å². The standard InChI is InChI=1S/C28H19N3/c1-3-13-21-19(9-1)11-7-17-24(21)29-27-23-15-5-6-16-26(23)31-28(27)30-25-18-8-12-20-10-2-4-14-22(20)25/h1-18H,(H,29,30,31). The fourth-order valence-electron chi connectivity index (χ4n) is 4.16. The summed E-state index contributed by atoms with van der Waals surface area (Å²) in [6.45, 7) is 0. The van der Waals surface area contributed by atoms with Crippen molar-refractivity contribution in [1.82, 2.24) is 0 Å². The molecule has 0 unspecified atom stereocenters. The van der Waals surface area contributed by atoms with Gasteiger partial charge in [0, 0.05) is 22.0 Å². The molecule has 1 aliphatic rings. The minimum Gasteiger partial charge on any atom is -0.338 e. The highest BCUT2D eigenvalue weighted by Crippen LogP contribution is 2.33. The summed E-state index contributed by atoms with van der Waals surface area (Å²) in [6, 6.07) is 37.4. The maximum atomic E-state index is 5.11. The van der Waals surface area contributed by atoms with Crippen LogP contribution < -0.4 is 5.32 Å². The van der Waals surface area contributed by atoms with Crippen molar-refractivity contribution in [3.8, 4) is 0 Å². The Morgan fingerprint density at radius 1 is 0.581 bits per heavy atom. The van der Waals surface area contributed by atoms with Crippen molar-refractivity contribution in [1.29, 1.82) is 0 Å². The van der Waals surface area contributed by atoms with E-state index in [4.69, 9.17) is 9.98 Å². The smallest absolute Gasteiger partial charge is 0.157 e. The van der Waals surface area contributed by atoms with E-state index in [-0.39, 0.29) is 0 Å². The van der Waals surface area contributed by atoms with Crippen LogP contribution in [-0.4, -0.2) is 11.5 Å². The first-order chi connectivity index (χ1) is 15.4. The van der Waals surface area contributed by atoms with Gasteiger partial charge in [-0.1, -0.05) is 91.0 Å². The second kappa shape index (κ2) is 7.22. The van der Waals surface area contributed by atoms with Crippen LogP contribution in [0.1, 0.15) is 5.56 Å². The molecule has 0 atom stereocenters. The first-order valence-electron chi connectivity index (χ1n) is 10.4. The maximum absolute atomic E-state index is 5.11. The first-order valence-corrected chi connectivity index (χ1v) is 10.4. The van der Waals surface area contributed by atoms with Crippen LogP contribution in [0.5, 0.6) is 0 Å². The zero-order valence-corrected chi connectivity index (χ0v) is 16.8. The summed E-state index contributed by atoms with van der Waals surface area (Å²) in [4.78, 5) is 9.99. The molecule has 0 saturated carbocycles. The van der Waals surface area contributed by atoms with E-state index in [0.717, 1.165) is 44.9 Å². The number of hydrogen-bond donors (Lipinski definition) is 1. The lowest BCUT2D eigenvalue weighted by molar-refractivity contribution is 1.53. The van der Waals surface area contributed by atoms with Crippen LogP contribution in [0.3, 0.4) is 0 Å². The lowest BCUT2D eigenvalue weighted by Crippen LogP contribution is -2.20. The summed E-state index contributed by atoms with van der Waals surface area (Å²) in [7, 11) is 0. The summed E-state index contributed by atoms with van der Waals surface area (Å²) >= 11 is 0. The zero-order valence-electron chi connectivity index (χ0n) is 16.8. The molecule has 0 bridgehead atoms. The third kappa shape index (κ3) is 3.08. The Labute approximate surface area is 180 Å². The largest absolute Gasteiger partial charge is 0.338 e. The number of aliphatic imine (C=N–C) groups is 2. The van der Waals surface area contributed by atoms with Crippen LogP contribution in [0, 0.1) is 0 Å². The molecule has 0 amide bonds. The van der Waals surface area contributed by atoms with Crippen molar-refractivity contribution < 1.29 is 0 Å². The lowest BCUT2D eigenvalue weighted by atomic mass is 10.1. The van der Waals surface area contributed by atoms with E-state index in [0.29, 0.717) is 0 Å². The Hall–Kier alpha value is -4.24. The van der Waals surface area contributed by atoms with Gasteiger partial charge in [-0.3, -0.25) is 0 Å². The molecular formula is C28H19N3. The normalized spacial score (nSPS) is 14.1. The van der Waals surface area contributed by atoms with E-state index < -0.39 is 0 Å². The second-order valence-electron chi connectivity index (χ2n) is 7.59. The topological polar surface area (TPSA) is 36.8 Å². The molecule has 0 fully saturated rings. The van der Waals surface area contributed by atoms with Gasteiger partial charge in [-0.05, 0) is 29.0 Å². The summed E-state index contributed by atoms with van der Waals surface area (Å²) in [6.07, 6.45) is 0.